The summed E-state index contributed by atoms with van der Waals surface area (Å²) in [5.41, 5.74) is 2.31. The van der Waals surface area contributed by atoms with Crippen molar-refractivity contribution in [2.75, 3.05) is 6.54 Å². The molecule has 1 amide bonds. The Balaban J connectivity index is 1.66. The first kappa shape index (κ1) is 23.2. The first-order valence-corrected chi connectivity index (χ1v) is 12.8. The van der Waals surface area contributed by atoms with Gasteiger partial charge in [0.2, 0.25) is 15.6 Å². The summed E-state index contributed by atoms with van der Waals surface area (Å²) in [4.78, 5) is 28.0. The molecule has 0 spiro atoms. The van der Waals surface area contributed by atoms with Crippen molar-refractivity contribution in [1.82, 2.24) is 14.6 Å². The van der Waals surface area contributed by atoms with E-state index < -0.39 is 21.5 Å². The molecule has 1 aliphatic heterocycles. The van der Waals surface area contributed by atoms with Crippen LogP contribution in [0.5, 0.6) is 0 Å². The van der Waals surface area contributed by atoms with Crippen molar-refractivity contribution in [1.29, 1.82) is 0 Å². The number of benzene rings is 2. The summed E-state index contributed by atoms with van der Waals surface area (Å²) in [5, 5.41) is 3.25. The molecule has 1 atom stereocenters. The minimum Gasteiger partial charge on any atom is -0.348 e. The van der Waals surface area contributed by atoms with Gasteiger partial charge >= 0.3 is 0 Å². The molecule has 174 valence electrons. The Morgan fingerprint density at radius 1 is 1.09 bits per heavy atom. The number of carbonyl (C=O) groups is 1. The Labute approximate surface area is 193 Å². The smallest absolute Gasteiger partial charge is 0.252 e. The molecule has 7 nitrogen and oxygen atoms in total. The zero-order valence-corrected chi connectivity index (χ0v) is 19.7. The number of fused-ring (bicyclic) bond motifs is 1. The number of rotatable bonds is 6. The SMILES string of the molecule is CCc1ccc(CNC(=O)c2cc(=O)[nH]c3ccc(S(=O)(=O)N4CCCCC4C)cc23)cc1. The van der Waals surface area contributed by atoms with Crippen LogP contribution in [0.1, 0.15) is 54.6 Å². The molecule has 0 aliphatic carbocycles. The Morgan fingerprint density at radius 3 is 2.52 bits per heavy atom. The summed E-state index contributed by atoms with van der Waals surface area (Å²) in [7, 11) is -3.71. The average Bonchev–Trinajstić information content (AvgIpc) is 2.82. The number of nitrogens with one attached hydrogen (secondary N) is 2. The highest BCUT2D eigenvalue weighted by atomic mass is 32.2. The highest BCUT2D eigenvalue weighted by molar-refractivity contribution is 7.89. The minimum absolute atomic E-state index is 0.0723. The molecule has 8 heteroatoms. The molecular weight excluding hydrogens is 438 g/mol. The lowest BCUT2D eigenvalue weighted by Gasteiger charge is -2.32. The number of piperidine rings is 1. The molecule has 2 N–H and O–H groups in total. The second-order valence-electron chi connectivity index (χ2n) is 8.57. The average molecular weight is 468 g/mol. The number of pyridine rings is 1. The predicted octanol–water partition coefficient (Wildman–Crippen LogP) is 3.58. The van der Waals surface area contributed by atoms with Crippen LogP contribution in [0.4, 0.5) is 0 Å². The number of sulfonamides is 1. The lowest BCUT2D eigenvalue weighted by atomic mass is 10.1. The van der Waals surface area contributed by atoms with Gasteiger partial charge in [-0.05, 0) is 55.5 Å². The lowest BCUT2D eigenvalue weighted by molar-refractivity contribution is 0.0952. The van der Waals surface area contributed by atoms with Crippen LogP contribution in [-0.2, 0) is 23.0 Å². The van der Waals surface area contributed by atoms with Crippen molar-refractivity contribution >= 4 is 26.8 Å². The van der Waals surface area contributed by atoms with E-state index in [4.69, 9.17) is 0 Å². The standard InChI is InChI=1S/C25H29N3O4S/c1-3-18-7-9-19(10-8-18)16-26-25(30)22-15-24(29)27-23-12-11-20(14-21(22)23)33(31,32)28-13-5-4-6-17(28)2/h7-12,14-15,17H,3-6,13,16H2,1-2H3,(H,26,30)(H,27,29). The molecule has 2 aromatic carbocycles. The van der Waals surface area contributed by atoms with Gasteiger partial charge in [-0.15, -0.1) is 0 Å². The fourth-order valence-corrected chi connectivity index (χ4v) is 6.04. The van der Waals surface area contributed by atoms with E-state index in [0.29, 0.717) is 24.0 Å². The molecule has 0 saturated carbocycles. The van der Waals surface area contributed by atoms with E-state index in [9.17, 15) is 18.0 Å². The number of nitrogens with zero attached hydrogens (tertiary/aromatic N) is 1. The number of amides is 1. The molecule has 4 rings (SSSR count). The molecule has 33 heavy (non-hydrogen) atoms. The highest BCUT2D eigenvalue weighted by Gasteiger charge is 2.31. The molecule has 3 aromatic rings. The maximum absolute atomic E-state index is 13.3. The third kappa shape index (κ3) is 4.86. The van der Waals surface area contributed by atoms with Gasteiger partial charge in [-0.2, -0.15) is 4.31 Å². The number of aromatic nitrogens is 1. The fourth-order valence-electron chi connectivity index (χ4n) is 4.32. The Kier molecular flexibility index (Phi) is 6.67. The van der Waals surface area contributed by atoms with Crippen molar-refractivity contribution in [2.24, 2.45) is 0 Å². The largest absolute Gasteiger partial charge is 0.348 e. The first-order valence-electron chi connectivity index (χ1n) is 11.3. The number of aryl methyl sites for hydroxylation is 1. The predicted molar refractivity (Wildman–Crippen MR) is 129 cm³/mol. The molecule has 0 radical (unpaired) electrons. The second-order valence-corrected chi connectivity index (χ2v) is 10.5. The third-order valence-corrected chi connectivity index (χ3v) is 8.30. The van der Waals surface area contributed by atoms with Gasteiger partial charge in [-0.3, -0.25) is 9.59 Å². The monoisotopic (exact) mass is 467 g/mol. The van der Waals surface area contributed by atoms with Crippen molar-refractivity contribution in [3.8, 4) is 0 Å². The van der Waals surface area contributed by atoms with E-state index in [1.165, 1.54) is 28.1 Å². The van der Waals surface area contributed by atoms with Crippen molar-refractivity contribution in [3.63, 3.8) is 0 Å². The molecule has 2 heterocycles. The zero-order chi connectivity index (χ0) is 23.6. The lowest BCUT2D eigenvalue weighted by Crippen LogP contribution is -2.41. The maximum Gasteiger partial charge on any atom is 0.252 e. The van der Waals surface area contributed by atoms with Crippen LogP contribution in [0, 0.1) is 0 Å². The van der Waals surface area contributed by atoms with Gasteiger partial charge in [0.15, 0.2) is 0 Å². The van der Waals surface area contributed by atoms with Crippen molar-refractivity contribution in [3.05, 3.63) is 75.6 Å². The van der Waals surface area contributed by atoms with Gasteiger partial charge in [-0.25, -0.2) is 8.42 Å². The normalized spacial score (nSPS) is 17.2. The molecule has 1 fully saturated rings. The molecular formula is C25H29N3O4S. The van der Waals surface area contributed by atoms with E-state index in [1.54, 1.807) is 6.07 Å². The Hall–Kier alpha value is -2.97. The van der Waals surface area contributed by atoms with E-state index >= 15 is 0 Å². The van der Waals surface area contributed by atoms with Crippen LogP contribution in [-0.4, -0.2) is 36.2 Å². The summed E-state index contributed by atoms with van der Waals surface area (Å²) in [6.45, 7) is 4.79. The molecule has 1 unspecified atom stereocenters. The van der Waals surface area contributed by atoms with Crippen molar-refractivity contribution in [2.45, 2.75) is 57.0 Å². The zero-order valence-electron chi connectivity index (χ0n) is 18.9. The van der Waals surface area contributed by atoms with Crippen LogP contribution in [0.25, 0.3) is 10.9 Å². The number of aromatic amines is 1. The van der Waals surface area contributed by atoms with Crippen molar-refractivity contribution < 1.29 is 13.2 Å². The van der Waals surface area contributed by atoms with Crippen LogP contribution in [0.3, 0.4) is 0 Å². The van der Waals surface area contributed by atoms with Gasteiger partial charge in [0.25, 0.3) is 5.91 Å². The minimum atomic E-state index is -3.71. The summed E-state index contributed by atoms with van der Waals surface area (Å²) >= 11 is 0. The van der Waals surface area contributed by atoms with Crippen LogP contribution in [0.2, 0.25) is 0 Å². The van der Waals surface area contributed by atoms with E-state index in [1.807, 2.05) is 31.2 Å². The van der Waals surface area contributed by atoms with Gasteiger partial charge in [0, 0.05) is 36.1 Å². The van der Waals surface area contributed by atoms with Crippen LogP contribution < -0.4 is 10.9 Å². The Morgan fingerprint density at radius 2 is 1.82 bits per heavy atom. The summed E-state index contributed by atoms with van der Waals surface area (Å²) in [5.74, 6) is -0.424. The van der Waals surface area contributed by atoms with Crippen LogP contribution in [0.15, 0.2) is 58.2 Å². The van der Waals surface area contributed by atoms with E-state index in [2.05, 4.69) is 17.2 Å². The second kappa shape index (κ2) is 9.49. The summed E-state index contributed by atoms with van der Waals surface area (Å²) < 4.78 is 28.1. The third-order valence-electron chi connectivity index (χ3n) is 6.29. The van der Waals surface area contributed by atoms with Gasteiger partial charge in [-0.1, -0.05) is 37.6 Å². The van der Waals surface area contributed by atoms with Gasteiger partial charge in [0.1, 0.15) is 0 Å². The highest BCUT2D eigenvalue weighted by Crippen LogP contribution is 2.27. The molecule has 1 aromatic heterocycles. The Bertz CT molecular complexity index is 1330. The topological polar surface area (TPSA) is 99.3 Å². The molecule has 0 bridgehead atoms. The first-order chi connectivity index (χ1) is 15.8. The maximum atomic E-state index is 13.3. The molecule has 1 aliphatic rings. The van der Waals surface area contributed by atoms with Gasteiger partial charge < -0.3 is 10.3 Å². The van der Waals surface area contributed by atoms with E-state index in [-0.39, 0.29) is 16.5 Å². The fraction of sp³-hybridized carbons (Fsp3) is 0.360. The van der Waals surface area contributed by atoms with Gasteiger partial charge in [0.05, 0.1) is 10.5 Å². The van der Waals surface area contributed by atoms with E-state index in [0.717, 1.165) is 31.2 Å². The summed E-state index contributed by atoms with van der Waals surface area (Å²) in [6, 6.07) is 13.6. The molecule has 1 saturated heterocycles. The number of hydrogen-bond donors (Lipinski definition) is 2. The number of carbonyl (C=O) groups excluding carboxylic acids is 1. The van der Waals surface area contributed by atoms with Crippen LogP contribution >= 0.6 is 0 Å². The summed E-state index contributed by atoms with van der Waals surface area (Å²) in [6.07, 6.45) is 3.61. The quantitative estimate of drug-likeness (QED) is 0.579. The number of hydrogen-bond acceptors (Lipinski definition) is 4. The number of H-pyrrole nitrogens is 1.